The zero-order valence-electron chi connectivity index (χ0n) is 10.4. The molecule has 1 aromatic heterocycles. The van der Waals surface area contributed by atoms with Crippen molar-refractivity contribution in [3.8, 4) is 0 Å². The minimum absolute atomic E-state index is 0.0637. The van der Waals surface area contributed by atoms with E-state index in [1.54, 1.807) is 23.2 Å². The molecular formula is C15H14N2O2. The van der Waals surface area contributed by atoms with Crippen molar-refractivity contribution in [2.45, 2.75) is 6.10 Å². The molecule has 1 saturated heterocycles. The largest absolute Gasteiger partial charge is 0.389 e. The van der Waals surface area contributed by atoms with Crippen LogP contribution in [0.5, 0.6) is 0 Å². The molecule has 1 amide bonds. The molecule has 1 aromatic carbocycles. The fourth-order valence-electron chi connectivity index (χ4n) is 2.17. The van der Waals surface area contributed by atoms with Gasteiger partial charge < -0.3 is 10.0 Å². The van der Waals surface area contributed by atoms with Gasteiger partial charge in [-0.05, 0) is 23.8 Å². The van der Waals surface area contributed by atoms with Crippen LogP contribution in [0.1, 0.15) is 5.56 Å². The van der Waals surface area contributed by atoms with E-state index >= 15 is 0 Å². The van der Waals surface area contributed by atoms with E-state index in [0.717, 1.165) is 16.5 Å². The molecule has 0 unspecified atom stereocenters. The molecule has 1 N–H and O–H groups in total. The summed E-state index contributed by atoms with van der Waals surface area (Å²) < 4.78 is 0. The number of para-hydroxylation sites is 1. The number of benzene rings is 1. The highest BCUT2D eigenvalue weighted by Crippen LogP contribution is 2.18. The number of carbonyl (C=O) groups is 1. The van der Waals surface area contributed by atoms with Crippen LogP contribution in [0.2, 0.25) is 0 Å². The first-order valence-corrected chi connectivity index (χ1v) is 6.23. The lowest BCUT2D eigenvalue weighted by Crippen LogP contribution is -2.52. The molecule has 3 rings (SSSR count). The standard InChI is InChI=1S/C15H14N2O2/c18-12-9-17(10-12)15(19)6-5-11-7-8-16-14-4-2-1-3-13(11)14/h1-8,12,18H,9-10H2/b6-5+. The quantitative estimate of drug-likeness (QED) is 0.825. The van der Waals surface area contributed by atoms with E-state index in [4.69, 9.17) is 5.11 Å². The lowest BCUT2D eigenvalue weighted by molar-refractivity contribution is -0.135. The van der Waals surface area contributed by atoms with E-state index in [9.17, 15) is 4.79 Å². The van der Waals surface area contributed by atoms with Crippen LogP contribution < -0.4 is 0 Å². The van der Waals surface area contributed by atoms with Crippen molar-refractivity contribution < 1.29 is 9.90 Å². The van der Waals surface area contributed by atoms with E-state index in [0.29, 0.717) is 13.1 Å². The second kappa shape index (κ2) is 4.82. The predicted molar refractivity (Wildman–Crippen MR) is 73.4 cm³/mol. The number of rotatable bonds is 2. The number of β-amino-alcohol motifs (C(OH)–C–C–N with tert-alkyl or cyclic N) is 1. The van der Waals surface area contributed by atoms with E-state index in [1.807, 2.05) is 30.3 Å². The predicted octanol–water partition coefficient (Wildman–Crippen LogP) is 1.45. The first kappa shape index (κ1) is 11.9. The third-order valence-electron chi connectivity index (χ3n) is 3.26. The number of carbonyl (C=O) groups excluding carboxylic acids is 1. The lowest BCUT2D eigenvalue weighted by atomic mass is 10.1. The molecule has 1 aliphatic heterocycles. The summed E-state index contributed by atoms with van der Waals surface area (Å²) in [5, 5.41) is 10.2. The summed E-state index contributed by atoms with van der Waals surface area (Å²) in [7, 11) is 0. The first-order chi connectivity index (χ1) is 9.24. The van der Waals surface area contributed by atoms with Gasteiger partial charge in [0.2, 0.25) is 5.91 Å². The number of pyridine rings is 1. The molecule has 4 heteroatoms. The van der Waals surface area contributed by atoms with Crippen LogP contribution in [-0.4, -0.2) is 40.1 Å². The monoisotopic (exact) mass is 254 g/mol. The van der Waals surface area contributed by atoms with Crippen molar-refractivity contribution >= 4 is 22.9 Å². The second-order valence-electron chi connectivity index (χ2n) is 4.65. The number of likely N-dealkylation sites (tertiary alicyclic amines) is 1. The van der Waals surface area contributed by atoms with Gasteiger partial charge in [-0.1, -0.05) is 18.2 Å². The van der Waals surface area contributed by atoms with Gasteiger partial charge in [-0.15, -0.1) is 0 Å². The highest BCUT2D eigenvalue weighted by Gasteiger charge is 2.26. The first-order valence-electron chi connectivity index (χ1n) is 6.23. The molecule has 4 nitrogen and oxygen atoms in total. The minimum Gasteiger partial charge on any atom is -0.389 e. The third kappa shape index (κ3) is 2.35. The molecule has 1 fully saturated rings. The topological polar surface area (TPSA) is 53.4 Å². The van der Waals surface area contributed by atoms with E-state index in [1.165, 1.54) is 0 Å². The van der Waals surface area contributed by atoms with Gasteiger partial charge in [0.1, 0.15) is 0 Å². The Balaban J connectivity index is 1.83. The molecule has 0 bridgehead atoms. The summed E-state index contributed by atoms with van der Waals surface area (Å²) in [6.45, 7) is 0.862. The summed E-state index contributed by atoms with van der Waals surface area (Å²) in [6, 6.07) is 9.71. The Bertz CT molecular complexity index is 640. The summed E-state index contributed by atoms with van der Waals surface area (Å²) in [6.07, 6.45) is 4.73. The van der Waals surface area contributed by atoms with Gasteiger partial charge >= 0.3 is 0 Å². The fourth-order valence-corrected chi connectivity index (χ4v) is 2.17. The molecule has 0 atom stereocenters. The molecule has 96 valence electrons. The average Bonchev–Trinajstić information content (AvgIpc) is 2.41. The molecule has 2 heterocycles. The third-order valence-corrected chi connectivity index (χ3v) is 3.26. The van der Waals surface area contributed by atoms with Crippen LogP contribution >= 0.6 is 0 Å². The van der Waals surface area contributed by atoms with Crippen LogP contribution in [0.15, 0.2) is 42.6 Å². The Kier molecular flexibility index (Phi) is 3.01. The normalized spacial score (nSPS) is 15.9. The maximum absolute atomic E-state index is 11.8. The van der Waals surface area contributed by atoms with Crippen LogP contribution in [0.25, 0.3) is 17.0 Å². The van der Waals surface area contributed by atoms with Gasteiger partial charge in [0.25, 0.3) is 0 Å². The van der Waals surface area contributed by atoms with Crippen LogP contribution in [0.4, 0.5) is 0 Å². The zero-order chi connectivity index (χ0) is 13.2. The van der Waals surface area contributed by atoms with Crippen LogP contribution in [0.3, 0.4) is 0 Å². The Morgan fingerprint density at radius 2 is 2.11 bits per heavy atom. The average molecular weight is 254 g/mol. The van der Waals surface area contributed by atoms with Gasteiger partial charge in [0.05, 0.1) is 11.6 Å². The molecule has 0 saturated carbocycles. The zero-order valence-corrected chi connectivity index (χ0v) is 10.4. The molecule has 19 heavy (non-hydrogen) atoms. The maximum atomic E-state index is 11.8. The number of aromatic nitrogens is 1. The van der Waals surface area contributed by atoms with E-state index in [-0.39, 0.29) is 12.0 Å². The Morgan fingerprint density at radius 3 is 2.89 bits per heavy atom. The van der Waals surface area contributed by atoms with Gasteiger partial charge in [0.15, 0.2) is 0 Å². The van der Waals surface area contributed by atoms with Crippen molar-refractivity contribution in [3.63, 3.8) is 0 Å². The highest BCUT2D eigenvalue weighted by molar-refractivity contribution is 5.96. The molecule has 0 aliphatic carbocycles. The van der Waals surface area contributed by atoms with Crippen molar-refractivity contribution in [1.82, 2.24) is 9.88 Å². The summed E-state index contributed by atoms with van der Waals surface area (Å²) in [4.78, 5) is 17.7. The lowest BCUT2D eigenvalue weighted by Gasteiger charge is -2.34. The van der Waals surface area contributed by atoms with Gasteiger partial charge in [-0.2, -0.15) is 0 Å². The Labute approximate surface area is 111 Å². The molecule has 2 aromatic rings. The smallest absolute Gasteiger partial charge is 0.246 e. The van der Waals surface area contributed by atoms with E-state index in [2.05, 4.69) is 4.98 Å². The number of amides is 1. The molecule has 0 radical (unpaired) electrons. The van der Waals surface area contributed by atoms with Crippen molar-refractivity contribution in [3.05, 3.63) is 48.2 Å². The SMILES string of the molecule is O=C(/C=C/c1ccnc2ccccc12)N1CC(O)C1. The van der Waals surface area contributed by atoms with Crippen molar-refractivity contribution in [1.29, 1.82) is 0 Å². The second-order valence-corrected chi connectivity index (χ2v) is 4.65. The minimum atomic E-state index is -0.362. The summed E-state index contributed by atoms with van der Waals surface area (Å²) >= 11 is 0. The number of hydrogen-bond acceptors (Lipinski definition) is 3. The van der Waals surface area contributed by atoms with Crippen molar-refractivity contribution in [2.24, 2.45) is 0 Å². The molecular weight excluding hydrogens is 240 g/mol. The number of aliphatic hydroxyl groups is 1. The van der Waals surface area contributed by atoms with Crippen LogP contribution in [0, 0.1) is 0 Å². The molecule has 1 aliphatic rings. The number of hydrogen-bond donors (Lipinski definition) is 1. The molecule has 0 spiro atoms. The summed E-state index contributed by atoms with van der Waals surface area (Å²) in [5.41, 5.74) is 1.89. The van der Waals surface area contributed by atoms with Gasteiger partial charge in [-0.25, -0.2) is 0 Å². The number of fused-ring (bicyclic) bond motifs is 1. The van der Waals surface area contributed by atoms with Crippen molar-refractivity contribution in [2.75, 3.05) is 13.1 Å². The fraction of sp³-hybridized carbons (Fsp3) is 0.200. The Hall–Kier alpha value is -2.20. The number of aliphatic hydroxyl groups excluding tert-OH is 1. The van der Waals surface area contributed by atoms with Gasteiger partial charge in [-0.3, -0.25) is 9.78 Å². The summed E-state index contributed by atoms with van der Waals surface area (Å²) in [5.74, 6) is -0.0637. The van der Waals surface area contributed by atoms with Crippen LogP contribution in [-0.2, 0) is 4.79 Å². The van der Waals surface area contributed by atoms with Gasteiger partial charge in [0, 0.05) is 30.7 Å². The maximum Gasteiger partial charge on any atom is 0.246 e. The number of nitrogens with zero attached hydrogens (tertiary/aromatic N) is 2. The van der Waals surface area contributed by atoms with E-state index < -0.39 is 0 Å². The Morgan fingerprint density at radius 1 is 1.32 bits per heavy atom. The highest BCUT2D eigenvalue weighted by atomic mass is 16.3.